The summed E-state index contributed by atoms with van der Waals surface area (Å²) in [5, 5.41) is 0. The van der Waals surface area contributed by atoms with Crippen molar-refractivity contribution in [1.82, 2.24) is 0 Å². The minimum absolute atomic E-state index is 0. The number of Topliss-reactive ketones (excluding diaryl/α,β-unsaturated/α-hetero) is 2. The molecule has 2 rings (SSSR count). The van der Waals surface area contributed by atoms with Crippen molar-refractivity contribution in [3.05, 3.63) is 0 Å². The van der Waals surface area contributed by atoms with E-state index in [1.54, 1.807) is 21.1 Å². The molecule has 3 atom stereocenters. The number of carbonyl (C=O) groups is 2. The maximum absolute atomic E-state index is 11.0. The summed E-state index contributed by atoms with van der Waals surface area (Å²) in [6.45, 7) is 10.6. The van der Waals surface area contributed by atoms with Crippen molar-refractivity contribution in [3.63, 3.8) is 0 Å². The van der Waals surface area contributed by atoms with Crippen molar-refractivity contribution in [2.75, 3.05) is 20.8 Å². The molecular formula is C18H34O4. The number of rotatable bonds is 4. The first kappa shape index (κ1) is 21.3. The van der Waals surface area contributed by atoms with Gasteiger partial charge >= 0.3 is 0 Å². The average molecular weight is 314 g/mol. The van der Waals surface area contributed by atoms with Gasteiger partial charge in [-0.3, -0.25) is 9.59 Å². The third kappa shape index (κ3) is 3.96. The van der Waals surface area contributed by atoms with Gasteiger partial charge in [-0.1, -0.05) is 35.1 Å². The van der Waals surface area contributed by atoms with E-state index < -0.39 is 0 Å². The molecule has 22 heavy (non-hydrogen) atoms. The predicted octanol–water partition coefficient (Wildman–Crippen LogP) is 3.52. The summed E-state index contributed by atoms with van der Waals surface area (Å²) >= 11 is 0. The second-order valence-electron chi connectivity index (χ2n) is 7.45. The zero-order valence-corrected chi connectivity index (χ0v) is 14.5. The third-order valence-corrected chi connectivity index (χ3v) is 5.49. The lowest BCUT2D eigenvalue weighted by atomic mass is 9.59. The van der Waals surface area contributed by atoms with Gasteiger partial charge in [-0.25, -0.2) is 0 Å². The topological polar surface area (TPSA) is 52.6 Å². The fourth-order valence-electron chi connectivity index (χ4n) is 3.28. The van der Waals surface area contributed by atoms with Crippen molar-refractivity contribution in [3.8, 4) is 0 Å². The predicted molar refractivity (Wildman–Crippen MR) is 88.9 cm³/mol. The summed E-state index contributed by atoms with van der Waals surface area (Å²) in [5.74, 6) is 1.33. The maximum atomic E-state index is 11.0. The molecular weight excluding hydrogens is 280 g/mol. The minimum atomic E-state index is -0.115. The van der Waals surface area contributed by atoms with Crippen molar-refractivity contribution in [2.24, 2.45) is 22.7 Å². The Labute approximate surface area is 135 Å². The Morgan fingerprint density at radius 1 is 1.23 bits per heavy atom. The summed E-state index contributed by atoms with van der Waals surface area (Å²) in [6, 6.07) is 0. The number of carbonyl (C=O) groups excluding carboxylic acids is 2. The van der Waals surface area contributed by atoms with Crippen LogP contribution in [0.4, 0.5) is 0 Å². The highest BCUT2D eigenvalue weighted by Crippen LogP contribution is 2.48. The second kappa shape index (κ2) is 7.69. The average Bonchev–Trinajstić information content (AvgIpc) is 2.38. The molecule has 2 saturated carbocycles. The SMILES string of the molecule is C.COC[C@@H]1CC(=O)C1(C)C.CO[C@@H]1C[C@H](C(C)=O)C1(C)C. The molecule has 0 heterocycles. The Hall–Kier alpha value is -0.740. The summed E-state index contributed by atoms with van der Waals surface area (Å²) in [6.07, 6.45) is 1.89. The van der Waals surface area contributed by atoms with E-state index in [-0.39, 0.29) is 30.3 Å². The quantitative estimate of drug-likeness (QED) is 0.796. The molecule has 130 valence electrons. The highest BCUT2D eigenvalue weighted by molar-refractivity contribution is 5.90. The molecule has 0 aromatic rings. The summed E-state index contributed by atoms with van der Waals surface area (Å²) < 4.78 is 10.2. The molecule has 0 radical (unpaired) electrons. The lowest BCUT2D eigenvalue weighted by Crippen LogP contribution is -2.52. The van der Waals surface area contributed by atoms with E-state index in [1.165, 1.54) is 0 Å². The Balaban J connectivity index is 0.000000385. The van der Waals surface area contributed by atoms with Crippen LogP contribution < -0.4 is 0 Å². The molecule has 0 bridgehead atoms. The van der Waals surface area contributed by atoms with Gasteiger partial charge in [0.25, 0.3) is 0 Å². The van der Waals surface area contributed by atoms with Crippen molar-refractivity contribution in [2.45, 2.75) is 61.0 Å². The van der Waals surface area contributed by atoms with E-state index in [4.69, 9.17) is 9.47 Å². The molecule has 0 aromatic heterocycles. The first-order valence-electron chi connectivity index (χ1n) is 7.64. The van der Waals surface area contributed by atoms with Crippen LogP contribution in [-0.4, -0.2) is 38.5 Å². The summed E-state index contributed by atoms with van der Waals surface area (Å²) in [4.78, 5) is 22.0. The van der Waals surface area contributed by atoms with Crippen LogP contribution in [0, 0.1) is 22.7 Å². The van der Waals surface area contributed by atoms with Crippen LogP contribution in [0.5, 0.6) is 0 Å². The lowest BCUT2D eigenvalue weighted by Gasteiger charge is -2.49. The van der Waals surface area contributed by atoms with Gasteiger partial charge in [-0.05, 0) is 13.3 Å². The largest absolute Gasteiger partial charge is 0.384 e. The molecule has 0 saturated heterocycles. The molecule has 4 heteroatoms. The highest BCUT2D eigenvalue weighted by Gasteiger charge is 2.50. The van der Waals surface area contributed by atoms with E-state index >= 15 is 0 Å². The van der Waals surface area contributed by atoms with Gasteiger partial charge in [0.1, 0.15) is 11.6 Å². The minimum Gasteiger partial charge on any atom is -0.384 e. The highest BCUT2D eigenvalue weighted by atomic mass is 16.5. The van der Waals surface area contributed by atoms with Crippen LogP contribution in [0.3, 0.4) is 0 Å². The Kier molecular flexibility index (Phi) is 7.43. The monoisotopic (exact) mass is 314 g/mol. The van der Waals surface area contributed by atoms with Crippen LogP contribution in [0.1, 0.15) is 54.9 Å². The van der Waals surface area contributed by atoms with Crippen molar-refractivity contribution < 1.29 is 19.1 Å². The molecule has 0 aliphatic heterocycles. The van der Waals surface area contributed by atoms with Crippen LogP contribution >= 0.6 is 0 Å². The molecule has 2 aliphatic rings. The van der Waals surface area contributed by atoms with Crippen molar-refractivity contribution in [1.29, 1.82) is 0 Å². The molecule has 2 fully saturated rings. The van der Waals surface area contributed by atoms with Gasteiger partial charge in [0.05, 0.1) is 12.7 Å². The summed E-state index contributed by atoms with van der Waals surface area (Å²) in [7, 11) is 3.39. The van der Waals surface area contributed by atoms with E-state index in [9.17, 15) is 9.59 Å². The number of ether oxygens (including phenoxy) is 2. The van der Waals surface area contributed by atoms with Gasteiger partial charge in [-0.2, -0.15) is 0 Å². The van der Waals surface area contributed by atoms with Gasteiger partial charge in [0, 0.05) is 43.3 Å². The number of ketones is 2. The number of hydrogen-bond donors (Lipinski definition) is 0. The van der Waals surface area contributed by atoms with Gasteiger partial charge in [-0.15, -0.1) is 0 Å². The molecule has 0 unspecified atom stereocenters. The molecule has 4 nitrogen and oxygen atoms in total. The Morgan fingerprint density at radius 3 is 2.05 bits per heavy atom. The van der Waals surface area contributed by atoms with E-state index in [0.717, 1.165) is 13.0 Å². The molecule has 0 aromatic carbocycles. The van der Waals surface area contributed by atoms with E-state index in [0.29, 0.717) is 23.9 Å². The molecule has 0 N–H and O–H groups in total. The fraction of sp³-hybridized carbons (Fsp3) is 0.889. The van der Waals surface area contributed by atoms with Crippen LogP contribution in [-0.2, 0) is 19.1 Å². The van der Waals surface area contributed by atoms with Gasteiger partial charge < -0.3 is 9.47 Å². The fourth-order valence-corrected chi connectivity index (χ4v) is 3.28. The smallest absolute Gasteiger partial charge is 0.139 e. The zero-order valence-electron chi connectivity index (χ0n) is 14.5. The van der Waals surface area contributed by atoms with Gasteiger partial charge in [0.15, 0.2) is 0 Å². The lowest BCUT2D eigenvalue weighted by molar-refractivity contribution is -0.153. The van der Waals surface area contributed by atoms with E-state index in [1.807, 2.05) is 13.8 Å². The van der Waals surface area contributed by atoms with Crippen LogP contribution in [0.2, 0.25) is 0 Å². The van der Waals surface area contributed by atoms with Crippen molar-refractivity contribution >= 4 is 11.6 Å². The Morgan fingerprint density at radius 2 is 1.77 bits per heavy atom. The third-order valence-electron chi connectivity index (χ3n) is 5.49. The van der Waals surface area contributed by atoms with Gasteiger partial charge in [0.2, 0.25) is 0 Å². The Bertz CT molecular complexity index is 398. The van der Waals surface area contributed by atoms with Crippen LogP contribution in [0.25, 0.3) is 0 Å². The number of methoxy groups -OCH3 is 2. The molecule has 0 amide bonds. The maximum Gasteiger partial charge on any atom is 0.139 e. The van der Waals surface area contributed by atoms with E-state index in [2.05, 4.69) is 13.8 Å². The standard InChI is InChI=1S/C9H16O2.C8H14O2.CH4/c1-6(10)7-5-8(11-4)9(7,2)3;1-8(2)6(5-10-3)4-7(8)9;/h7-8H,5H2,1-4H3;6H,4-5H2,1-3H3;1H4/t7-,8-;6-;/m10./s1. The first-order valence-corrected chi connectivity index (χ1v) is 7.64. The first-order chi connectivity index (χ1) is 9.58. The number of hydrogen-bond acceptors (Lipinski definition) is 4. The second-order valence-corrected chi connectivity index (χ2v) is 7.45. The summed E-state index contributed by atoms with van der Waals surface area (Å²) in [5.41, 5.74) is -0.0589. The molecule has 0 spiro atoms. The van der Waals surface area contributed by atoms with Crippen LogP contribution in [0.15, 0.2) is 0 Å². The zero-order chi connectivity index (χ0) is 16.4. The molecule has 2 aliphatic carbocycles. The normalized spacial score (nSPS) is 30.9.